The van der Waals surface area contributed by atoms with E-state index in [2.05, 4.69) is 15.6 Å². The van der Waals surface area contributed by atoms with Crippen molar-refractivity contribution in [3.05, 3.63) is 30.1 Å². The lowest BCUT2D eigenvalue weighted by Crippen LogP contribution is -2.33. The lowest BCUT2D eigenvalue weighted by Gasteiger charge is -2.17. The molecule has 19 heavy (non-hydrogen) atoms. The van der Waals surface area contributed by atoms with Crippen LogP contribution in [-0.2, 0) is 0 Å². The highest BCUT2D eigenvalue weighted by Crippen LogP contribution is 2.20. The van der Waals surface area contributed by atoms with Gasteiger partial charge in [-0.3, -0.25) is 4.98 Å². The quantitative estimate of drug-likeness (QED) is 0.857. The van der Waals surface area contributed by atoms with Crippen molar-refractivity contribution < 1.29 is 4.79 Å². The van der Waals surface area contributed by atoms with Crippen LogP contribution in [0, 0.1) is 0 Å². The average molecular weight is 260 g/mol. The Morgan fingerprint density at radius 2 is 2.42 bits per heavy atom. The zero-order valence-corrected chi connectivity index (χ0v) is 11.0. The Bertz CT molecular complexity index is 430. The summed E-state index contributed by atoms with van der Waals surface area (Å²) >= 11 is 0. The summed E-state index contributed by atoms with van der Waals surface area (Å²) in [7, 11) is 0. The molecule has 5 heteroatoms. The van der Waals surface area contributed by atoms with Crippen molar-refractivity contribution in [2.24, 2.45) is 0 Å². The number of nitrogens with zero attached hydrogens (tertiary/aromatic N) is 2. The van der Waals surface area contributed by atoms with Gasteiger partial charge in [0.05, 0.1) is 6.04 Å². The Morgan fingerprint density at radius 1 is 1.47 bits per heavy atom. The van der Waals surface area contributed by atoms with Gasteiger partial charge < -0.3 is 15.5 Å². The first-order valence-corrected chi connectivity index (χ1v) is 7.01. The number of amides is 2. The molecule has 102 valence electrons. The Hall–Kier alpha value is -1.62. The predicted octanol–water partition coefficient (Wildman–Crippen LogP) is 1.29. The second kappa shape index (κ2) is 5.57. The highest BCUT2D eigenvalue weighted by atomic mass is 16.2. The van der Waals surface area contributed by atoms with E-state index in [1.165, 1.54) is 12.8 Å². The van der Waals surface area contributed by atoms with E-state index >= 15 is 0 Å². The van der Waals surface area contributed by atoms with Crippen molar-refractivity contribution in [2.75, 3.05) is 19.6 Å². The second-order valence-corrected chi connectivity index (χ2v) is 5.32. The van der Waals surface area contributed by atoms with E-state index in [9.17, 15) is 4.79 Å². The molecule has 2 aliphatic rings. The van der Waals surface area contributed by atoms with Crippen molar-refractivity contribution in [2.45, 2.75) is 31.3 Å². The lowest BCUT2D eigenvalue weighted by molar-refractivity contribution is 0.215. The Morgan fingerprint density at radius 3 is 3.16 bits per heavy atom. The summed E-state index contributed by atoms with van der Waals surface area (Å²) in [4.78, 5) is 18.0. The van der Waals surface area contributed by atoms with Crippen molar-refractivity contribution in [3.8, 4) is 0 Å². The van der Waals surface area contributed by atoms with Crippen LogP contribution in [0.5, 0.6) is 0 Å². The summed E-state index contributed by atoms with van der Waals surface area (Å²) in [5.74, 6) is 0. The maximum Gasteiger partial charge on any atom is 0.318 e. The first kappa shape index (κ1) is 12.4. The summed E-state index contributed by atoms with van der Waals surface area (Å²) in [5.41, 5.74) is 1.08. The number of rotatable bonds is 4. The van der Waals surface area contributed by atoms with Crippen molar-refractivity contribution in [1.82, 2.24) is 20.5 Å². The Balaban J connectivity index is 1.54. The highest BCUT2D eigenvalue weighted by Gasteiger charge is 2.30. The minimum absolute atomic E-state index is 0.0480. The molecule has 0 spiro atoms. The number of urea groups is 1. The van der Waals surface area contributed by atoms with Crippen LogP contribution < -0.4 is 10.6 Å². The Kier molecular flexibility index (Phi) is 3.64. The van der Waals surface area contributed by atoms with Crippen LogP contribution in [0.4, 0.5) is 4.79 Å². The van der Waals surface area contributed by atoms with Gasteiger partial charge in [-0.25, -0.2) is 4.79 Å². The summed E-state index contributed by atoms with van der Waals surface area (Å²) < 4.78 is 0. The minimum Gasteiger partial charge on any atom is -0.329 e. The SMILES string of the molecule is O=C1NC(c2cccnc2)CN1CCC1CCCN1. The third-order valence-electron chi connectivity index (χ3n) is 3.98. The fourth-order valence-corrected chi connectivity index (χ4v) is 2.87. The van der Waals surface area contributed by atoms with E-state index in [4.69, 9.17) is 0 Å². The molecule has 0 saturated carbocycles. The average Bonchev–Trinajstić information content (AvgIpc) is 3.07. The van der Waals surface area contributed by atoms with E-state index in [0.717, 1.165) is 31.6 Å². The fourth-order valence-electron chi connectivity index (χ4n) is 2.87. The maximum atomic E-state index is 11.9. The summed E-state index contributed by atoms with van der Waals surface area (Å²) in [6.07, 6.45) is 7.13. The van der Waals surface area contributed by atoms with E-state index in [1.807, 2.05) is 23.2 Å². The molecule has 0 radical (unpaired) electrons. The monoisotopic (exact) mass is 260 g/mol. The summed E-state index contributed by atoms with van der Waals surface area (Å²) in [5, 5.41) is 6.49. The zero-order valence-electron chi connectivity index (χ0n) is 11.0. The van der Waals surface area contributed by atoms with Crippen molar-refractivity contribution in [1.29, 1.82) is 0 Å². The lowest BCUT2D eigenvalue weighted by atomic mass is 10.1. The van der Waals surface area contributed by atoms with E-state index in [-0.39, 0.29) is 12.1 Å². The number of aromatic nitrogens is 1. The van der Waals surface area contributed by atoms with Crippen LogP contribution in [0.3, 0.4) is 0 Å². The van der Waals surface area contributed by atoms with Gasteiger partial charge in [0.2, 0.25) is 0 Å². The van der Waals surface area contributed by atoms with Gasteiger partial charge in [0.15, 0.2) is 0 Å². The van der Waals surface area contributed by atoms with Crippen LogP contribution in [-0.4, -0.2) is 41.6 Å². The van der Waals surface area contributed by atoms with Gasteiger partial charge in [-0.05, 0) is 37.4 Å². The largest absolute Gasteiger partial charge is 0.329 e. The van der Waals surface area contributed by atoms with E-state index < -0.39 is 0 Å². The molecule has 0 aromatic carbocycles. The van der Waals surface area contributed by atoms with Gasteiger partial charge in [-0.2, -0.15) is 0 Å². The minimum atomic E-state index is 0.0480. The van der Waals surface area contributed by atoms with Crippen molar-refractivity contribution >= 4 is 6.03 Å². The summed E-state index contributed by atoms with van der Waals surface area (Å²) in [6.45, 7) is 2.70. The molecule has 2 N–H and O–H groups in total. The molecule has 2 amide bonds. The molecule has 3 rings (SSSR count). The summed E-state index contributed by atoms with van der Waals surface area (Å²) in [6, 6.07) is 4.64. The van der Waals surface area contributed by atoms with Gasteiger partial charge in [0, 0.05) is 31.5 Å². The molecule has 2 fully saturated rings. The van der Waals surface area contributed by atoms with Crippen molar-refractivity contribution in [3.63, 3.8) is 0 Å². The predicted molar refractivity (Wildman–Crippen MR) is 72.7 cm³/mol. The second-order valence-electron chi connectivity index (χ2n) is 5.32. The molecular formula is C14H20N4O. The molecule has 2 saturated heterocycles. The van der Waals surface area contributed by atoms with E-state index in [0.29, 0.717) is 6.04 Å². The molecule has 1 aromatic rings. The van der Waals surface area contributed by atoms with Gasteiger partial charge in [0.1, 0.15) is 0 Å². The normalized spacial score (nSPS) is 26.7. The molecule has 0 bridgehead atoms. The first-order chi connectivity index (χ1) is 9.33. The number of nitrogens with one attached hydrogen (secondary N) is 2. The zero-order chi connectivity index (χ0) is 13.1. The van der Waals surface area contributed by atoms with Gasteiger partial charge in [-0.1, -0.05) is 6.07 Å². The molecule has 2 aliphatic heterocycles. The third-order valence-corrected chi connectivity index (χ3v) is 3.98. The van der Waals surface area contributed by atoms with Crippen LogP contribution in [0.2, 0.25) is 0 Å². The molecule has 2 unspecified atom stereocenters. The maximum absolute atomic E-state index is 11.9. The van der Waals surface area contributed by atoms with Gasteiger partial charge in [0.25, 0.3) is 0 Å². The fraction of sp³-hybridized carbons (Fsp3) is 0.571. The standard InChI is InChI=1S/C14H20N4O/c19-14-17-13(11-3-1-6-15-9-11)10-18(14)8-5-12-4-2-7-16-12/h1,3,6,9,12-13,16H,2,4-5,7-8,10H2,(H,17,19). The van der Waals surface area contributed by atoms with Crippen LogP contribution in [0.1, 0.15) is 30.9 Å². The molecular weight excluding hydrogens is 240 g/mol. The molecule has 2 atom stereocenters. The molecule has 1 aromatic heterocycles. The Labute approximate surface area is 113 Å². The van der Waals surface area contributed by atoms with Gasteiger partial charge >= 0.3 is 6.03 Å². The number of hydrogen-bond acceptors (Lipinski definition) is 3. The number of carbonyl (C=O) groups is 1. The molecule has 3 heterocycles. The number of pyridine rings is 1. The number of carbonyl (C=O) groups excluding carboxylic acids is 1. The highest BCUT2D eigenvalue weighted by molar-refractivity contribution is 5.77. The van der Waals surface area contributed by atoms with E-state index in [1.54, 1.807) is 6.20 Å². The van der Waals surface area contributed by atoms with Gasteiger partial charge in [-0.15, -0.1) is 0 Å². The topological polar surface area (TPSA) is 57.3 Å². The van der Waals surface area contributed by atoms with Crippen LogP contribution in [0.15, 0.2) is 24.5 Å². The molecule has 5 nitrogen and oxygen atoms in total. The molecule has 0 aliphatic carbocycles. The number of hydrogen-bond donors (Lipinski definition) is 2. The van der Waals surface area contributed by atoms with Crippen LogP contribution in [0.25, 0.3) is 0 Å². The first-order valence-electron chi connectivity index (χ1n) is 7.01. The van der Waals surface area contributed by atoms with Crippen LogP contribution >= 0.6 is 0 Å². The smallest absolute Gasteiger partial charge is 0.318 e. The third kappa shape index (κ3) is 2.87.